The van der Waals surface area contributed by atoms with Gasteiger partial charge in [0.05, 0.1) is 22.4 Å². The minimum absolute atomic E-state index is 0.0990. The topological polar surface area (TPSA) is 83.8 Å². The second kappa shape index (κ2) is 5.39. The number of nitrogens with one attached hydrogen (secondary N) is 2. The molecule has 0 atom stereocenters. The molecule has 1 aliphatic rings. The van der Waals surface area contributed by atoms with Crippen LogP contribution in [0, 0.1) is 0 Å². The summed E-state index contributed by atoms with van der Waals surface area (Å²) in [4.78, 5) is 19.4. The van der Waals surface area contributed by atoms with E-state index in [9.17, 15) is 4.79 Å². The first-order chi connectivity index (χ1) is 10.0. The van der Waals surface area contributed by atoms with Gasteiger partial charge in [-0.1, -0.05) is 26.7 Å². The van der Waals surface area contributed by atoms with Crippen LogP contribution in [0.15, 0.2) is 16.9 Å². The highest BCUT2D eigenvalue weighted by molar-refractivity contribution is 5.86. The normalized spacial score (nSPS) is 16.0. The summed E-state index contributed by atoms with van der Waals surface area (Å²) < 4.78 is 0. The predicted octanol–water partition coefficient (Wildman–Crippen LogP) is 2.98. The van der Waals surface area contributed by atoms with Crippen LogP contribution in [0.25, 0.3) is 11.0 Å². The molecular formula is C16H22N4O. The first-order valence-electron chi connectivity index (χ1n) is 7.64. The Labute approximate surface area is 124 Å². The number of anilines is 2. The van der Waals surface area contributed by atoms with Crippen molar-refractivity contribution in [3.8, 4) is 0 Å². The van der Waals surface area contributed by atoms with Crippen molar-refractivity contribution in [1.82, 2.24) is 9.97 Å². The molecule has 0 aliphatic heterocycles. The van der Waals surface area contributed by atoms with Crippen LogP contribution in [0.5, 0.6) is 0 Å². The molecule has 3 rings (SSSR count). The molecule has 0 amide bonds. The molecule has 0 radical (unpaired) electrons. The van der Waals surface area contributed by atoms with Gasteiger partial charge in [0.15, 0.2) is 0 Å². The Bertz CT molecular complexity index is 714. The zero-order valence-electron chi connectivity index (χ0n) is 12.6. The molecule has 112 valence electrons. The van der Waals surface area contributed by atoms with Gasteiger partial charge in [-0.2, -0.15) is 0 Å². The van der Waals surface area contributed by atoms with Gasteiger partial charge in [0.2, 0.25) is 0 Å². The number of fused-ring (bicyclic) bond motifs is 1. The standard InChI is InChI=1S/C16H22N4O/c1-9(2)15-16(21)20-13-7-11(17)12(8-14(13)19-15)18-10-5-3-4-6-10/h7-10,18H,3-6,17H2,1-2H3,(H,20,21). The summed E-state index contributed by atoms with van der Waals surface area (Å²) in [6, 6.07) is 4.24. The Morgan fingerprint density at radius 2 is 2.05 bits per heavy atom. The van der Waals surface area contributed by atoms with Gasteiger partial charge in [-0.3, -0.25) is 4.79 Å². The molecular weight excluding hydrogens is 264 g/mol. The number of nitrogen functional groups attached to an aromatic ring is 1. The van der Waals surface area contributed by atoms with Crippen molar-refractivity contribution in [1.29, 1.82) is 0 Å². The second-order valence-electron chi connectivity index (χ2n) is 6.19. The van der Waals surface area contributed by atoms with Crippen molar-refractivity contribution in [3.05, 3.63) is 28.2 Å². The summed E-state index contributed by atoms with van der Waals surface area (Å²) in [5.74, 6) is 0.0990. The fourth-order valence-corrected chi connectivity index (χ4v) is 2.97. The van der Waals surface area contributed by atoms with Crippen molar-refractivity contribution in [3.63, 3.8) is 0 Å². The van der Waals surface area contributed by atoms with Crippen LogP contribution in [0.1, 0.15) is 51.1 Å². The Balaban J connectivity index is 2.03. The lowest BCUT2D eigenvalue weighted by atomic mass is 10.1. The highest BCUT2D eigenvalue weighted by Crippen LogP contribution is 2.28. The fourth-order valence-electron chi connectivity index (χ4n) is 2.97. The number of aromatic nitrogens is 2. The van der Waals surface area contributed by atoms with Crippen LogP contribution in [0.3, 0.4) is 0 Å². The molecule has 1 aromatic heterocycles. The van der Waals surface area contributed by atoms with Gasteiger partial charge in [-0.25, -0.2) is 4.98 Å². The van der Waals surface area contributed by atoms with Crippen LogP contribution < -0.4 is 16.6 Å². The van der Waals surface area contributed by atoms with E-state index in [2.05, 4.69) is 15.3 Å². The molecule has 1 heterocycles. The molecule has 0 bridgehead atoms. The monoisotopic (exact) mass is 286 g/mol. The van der Waals surface area contributed by atoms with Crippen molar-refractivity contribution in [2.24, 2.45) is 0 Å². The van der Waals surface area contributed by atoms with E-state index in [4.69, 9.17) is 5.73 Å². The SMILES string of the molecule is CC(C)c1nc2cc(NC3CCCC3)c(N)cc2[nH]c1=O. The number of nitrogens with two attached hydrogens (primary N) is 1. The van der Waals surface area contributed by atoms with Gasteiger partial charge in [0.1, 0.15) is 5.69 Å². The van der Waals surface area contributed by atoms with Gasteiger partial charge < -0.3 is 16.0 Å². The van der Waals surface area contributed by atoms with E-state index in [-0.39, 0.29) is 11.5 Å². The van der Waals surface area contributed by atoms with E-state index in [0.29, 0.717) is 22.9 Å². The number of rotatable bonds is 3. The average Bonchev–Trinajstić information content (AvgIpc) is 2.92. The number of hydrogen-bond donors (Lipinski definition) is 3. The predicted molar refractivity (Wildman–Crippen MR) is 86.7 cm³/mol. The molecule has 5 heteroatoms. The molecule has 0 spiro atoms. The molecule has 2 aromatic rings. The third-order valence-electron chi connectivity index (χ3n) is 4.15. The van der Waals surface area contributed by atoms with E-state index in [1.807, 2.05) is 19.9 Å². The molecule has 1 fully saturated rings. The first kappa shape index (κ1) is 13.9. The van der Waals surface area contributed by atoms with Crippen LogP contribution in [-0.4, -0.2) is 16.0 Å². The van der Waals surface area contributed by atoms with E-state index >= 15 is 0 Å². The minimum atomic E-state index is -0.131. The summed E-state index contributed by atoms with van der Waals surface area (Å²) in [6.07, 6.45) is 4.92. The molecule has 0 unspecified atom stereocenters. The van der Waals surface area contributed by atoms with Crippen LogP contribution >= 0.6 is 0 Å². The number of H-pyrrole nitrogens is 1. The van der Waals surface area contributed by atoms with Gasteiger partial charge in [0, 0.05) is 12.0 Å². The maximum atomic E-state index is 12.0. The summed E-state index contributed by atoms with van der Waals surface area (Å²) in [6.45, 7) is 3.94. The van der Waals surface area contributed by atoms with Gasteiger partial charge in [-0.05, 0) is 25.0 Å². The molecule has 1 aliphatic carbocycles. The van der Waals surface area contributed by atoms with Crippen molar-refractivity contribution >= 4 is 22.4 Å². The zero-order chi connectivity index (χ0) is 15.0. The smallest absolute Gasteiger partial charge is 0.270 e. The Hall–Kier alpha value is -2.04. The third-order valence-corrected chi connectivity index (χ3v) is 4.15. The van der Waals surface area contributed by atoms with E-state index in [0.717, 1.165) is 11.2 Å². The lowest BCUT2D eigenvalue weighted by Gasteiger charge is -2.16. The maximum Gasteiger partial charge on any atom is 0.270 e. The van der Waals surface area contributed by atoms with E-state index < -0.39 is 0 Å². The lowest BCUT2D eigenvalue weighted by molar-refractivity contribution is 0.756. The minimum Gasteiger partial charge on any atom is -0.397 e. The number of nitrogens with zero attached hydrogens (tertiary/aromatic N) is 1. The van der Waals surface area contributed by atoms with Crippen LogP contribution in [-0.2, 0) is 0 Å². The Morgan fingerprint density at radius 1 is 1.33 bits per heavy atom. The first-order valence-corrected chi connectivity index (χ1v) is 7.64. The van der Waals surface area contributed by atoms with E-state index in [1.165, 1.54) is 25.7 Å². The summed E-state index contributed by atoms with van der Waals surface area (Å²) >= 11 is 0. The highest BCUT2D eigenvalue weighted by atomic mass is 16.1. The van der Waals surface area contributed by atoms with E-state index in [1.54, 1.807) is 6.07 Å². The molecule has 1 aromatic carbocycles. The van der Waals surface area contributed by atoms with Gasteiger partial charge >= 0.3 is 0 Å². The van der Waals surface area contributed by atoms with Crippen molar-refractivity contribution in [2.75, 3.05) is 11.1 Å². The number of aromatic amines is 1. The van der Waals surface area contributed by atoms with Gasteiger partial charge in [-0.15, -0.1) is 0 Å². The molecule has 21 heavy (non-hydrogen) atoms. The third kappa shape index (κ3) is 2.73. The molecule has 5 nitrogen and oxygen atoms in total. The summed E-state index contributed by atoms with van der Waals surface area (Å²) in [5.41, 5.74) is 9.59. The molecule has 0 saturated heterocycles. The number of benzene rings is 1. The Kier molecular flexibility index (Phi) is 3.57. The lowest BCUT2D eigenvalue weighted by Crippen LogP contribution is -2.18. The fraction of sp³-hybridized carbons (Fsp3) is 0.500. The van der Waals surface area contributed by atoms with Crippen LogP contribution in [0.4, 0.5) is 11.4 Å². The zero-order valence-corrected chi connectivity index (χ0v) is 12.6. The summed E-state index contributed by atoms with van der Waals surface area (Å²) in [7, 11) is 0. The molecule has 1 saturated carbocycles. The number of hydrogen-bond acceptors (Lipinski definition) is 4. The second-order valence-corrected chi connectivity index (χ2v) is 6.19. The Morgan fingerprint density at radius 3 is 2.71 bits per heavy atom. The van der Waals surface area contributed by atoms with Crippen molar-refractivity contribution in [2.45, 2.75) is 51.5 Å². The largest absolute Gasteiger partial charge is 0.397 e. The summed E-state index contributed by atoms with van der Waals surface area (Å²) in [5, 5.41) is 3.51. The van der Waals surface area contributed by atoms with Crippen LogP contribution in [0.2, 0.25) is 0 Å². The average molecular weight is 286 g/mol. The van der Waals surface area contributed by atoms with Crippen molar-refractivity contribution < 1.29 is 0 Å². The highest BCUT2D eigenvalue weighted by Gasteiger charge is 2.16. The quantitative estimate of drug-likeness (QED) is 0.757. The molecule has 4 N–H and O–H groups in total. The van der Waals surface area contributed by atoms with Gasteiger partial charge in [0.25, 0.3) is 5.56 Å². The maximum absolute atomic E-state index is 12.0.